The Morgan fingerprint density at radius 1 is 1.29 bits per heavy atom. The average molecular weight is 364 g/mol. The van der Waals surface area contributed by atoms with E-state index in [-0.39, 0.29) is 9.31 Å². The topological polar surface area (TPSA) is 35.5 Å². The van der Waals surface area contributed by atoms with Crippen molar-refractivity contribution in [3.05, 3.63) is 42.5 Å². The quantitative estimate of drug-likeness (QED) is 0.347. The minimum Gasteiger partial charge on any atom is -0.455 e. The van der Waals surface area contributed by atoms with Crippen molar-refractivity contribution >= 4 is 37.8 Å². The lowest BCUT2D eigenvalue weighted by Crippen LogP contribution is -2.23. The van der Waals surface area contributed by atoms with Crippen LogP contribution in [0.15, 0.2) is 42.5 Å². The van der Waals surface area contributed by atoms with E-state index in [1.807, 2.05) is 18.2 Å². The maximum absolute atomic E-state index is 11.5. The summed E-state index contributed by atoms with van der Waals surface area (Å²) in [7, 11) is 0. The zero-order chi connectivity index (χ0) is 12.8. The zero-order valence-electron chi connectivity index (χ0n) is 9.23. The standard InChI is InChI=1S/C12H12Br2O3/c1-8(11(13)14)12(15)17-9(2)16-10-6-4-3-5-7-10/h3-7,9,11H,1H2,2H3. The fraction of sp³-hybridized carbons (Fsp3) is 0.250. The van der Waals surface area contributed by atoms with E-state index < -0.39 is 12.3 Å². The van der Waals surface area contributed by atoms with E-state index in [0.29, 0.717) is 5.75 Å². The van der Waals surface area contributed by atoms with Crippen LogP contribution < -0.4 is 4.74 Å². The maximum atomic E-state index is 11.5. The molecule has 0 radical (unpaired) electrons. The molecule has 1 rings (SSSR count). The summed E-state index contributed by atoms with van der Waals surface area (Å²) < 4.78 is 10.2. The van der Waals surface area contributed by atoms with Crippen molar-refractivity contribution in [2.75, 3.05) is 0 Å². The molecule has 1 unspecified atom stereocenters. The minimum absolute atomic E-state index is 0.286. The molecule has 0 aliphatic heterocycles. The van der Waals surface area contributed by atoms with Crippen LogP contribution in [0, 0.1) is 0 Å². The van der Waals surface area contributed by atoms with Crippen molar-refractivity contribution < 1.29 is 14.3 Å². The molecule has 0 heterocycles. The highest BCUT2D eigenvalue weighted by molar-refractivity contribution is 9.24. The first-order valence-corrected chi connectivity index (χ1v) is 6.73. The molecule has 0 bridgehead atoms. The molecule has 0 spiro atoms. The molecule has 0 amide bonds. The van der Waals surface area contributed by atoms with Gasteiger partial charge in [-0.15, -0.1) is 0 Å². The molecule has 1 atom stereocenters. The number of alkyl halides is 2. The largest absolute Gasteiger partial charge is 0.455 e. The van der Waals surface area contributed by atoms with Crippen LogP contribution in [-0.4, -0.2) is 16.0 Å². The monoisotopic (exact) mass is 362 g/mol. The lowest BCUT2D eigenvalue weighted by molar-refractivity contribution is -0.156. The van der Waals surface area contributed by atoms with Gasteiger partial charge in [-0.3, -0.25) is 0 Å². The summed E-state index contributed by atoms with van der Waals surface area (Å²) in [4.78, 5) is 11.5. The SMILES string of the molecule is C=C(C(=O)OC(C)Oc1ccccc1)C(Br)Br. The van der Waals surface area contributed by atoms with Gasteiger partial charge in [0.05, 0.1) is 5.57 Å². The van der Waals surface area contributed by atoms with Gasteiger partial charge >= 0.3 is 5.97 Å². The van der Waals surface area contributed by atoms with Crippen molar-refractivity contribution in [1.82, 2.24) is 0 Å². The highest BCUT2D eigenvalue weighted by atomic mass is 79.9. The van der Waals surface area contributed by atoms with Gasteiger partial charge in [0.25, 0.3) is 0 Å². The molecular weight excluding hydrogens is 352 g/mol. The van der Waals surface area contributed by atoms with Crippen LogP contribution in [0.4, 0.5) is 0 Å². The Hall–Kier alpha value is -0.810. The fourth-order valence-electron chi connectivity index (χ4n) is 1.03. The molecule has 92 valence electrons. The molecular formula is C12H12Br2O3. The van der Waals surface area contributed by atoms with Gasteiger partial charge in [0.15, 0.2) is 0 Å². The molecule has 5 heteroatoms. The zero-order valence-corrected chi connectivity index (χ0v) is 12.4. The minimum atomic E-state index is -0.666. The summed E-state index contributed by atoms with van der Waals surface area (Å²) >= 11 is 6.35. The third kappa shape index (κ3) is 4.91. The van der Waals surface area contributed by atoms with E-state index in [2.05, 4.69) is 38.4 Å². The van der Waals surface area contributed by atoms with E-state index in [1.54, 1.807) is 19.1 Å². The number of carbonyl (C=O) groups excluding carboxylic acids is 1. The molecule has 0 fully saturated rings. The maximum Gasteiger partial charge on any atom is 0.338 e. The number of ether oxygens (including phenoxy) is 2. The summed E-state index contributed by atoms with van der Waals surface area (Å²) in [6, 6.07) is 9.14. The van der Waals surface area contributed by atoms with E-state index in [0.717, 1.165) is 0 Å². The van der Waals surface area contributed by atoms with Gasteiger partial charge in [-0.25, -0.2) is 4.79 Å². The Bertz CT molecular complexity index is 390. The van der Waals surface area contributed by atoms with Crippen molar-refractivity contribution in [2.24, 2.45) is 0 Å². The second-order valence-electron chi connectivity index (χ2n) is 3.23. The summed E-state index contributed by atoms with van der Waals surface area (Å²) in [5.41, 5.74) is 0.286. The molecule has 0 aromatic heterocycles. The second kappa shape index (κ2) is 6.81. The van der Waals surface area contributed by atoms with Gasteiger partial charge < -0.3 is 9.47 Å². The number of hydrogen-bond acceptors (Lipinski definition) is 3. The number of hydrogen-bond donors (Lipinski definition) is 0. The van der Waals surface area contributed by atoms with Crippen LogP contribution in [0.25, 0.3) is 0 Å². The first-order valence-electron chi connectivity index (χ1n) is 4.90. The highest BCUT2D eigenvalue weighted by Crippen LogP contribution is 2.19. The smallest absolute Gasteiger partial charge is 0.338 e. The van der Waals surface area contributed by atoms with Gasteiger partial charge in [-0.05, 0) is 12.1 Å². The predicted molar refractivity (Wildman–Crippen MR) is 73.4 cm³/mol. The normalized spacial score (nSPS) is 12.0. The summed E-state index contributed by atoms with van der Waals surface area (Å²) in [6.07, 6.45) is -0.666. The Morgan fingerprint density at radius 2 is 1.88 bits per heavy atom. The van der Waals surface area contributed by atoms with Gasteiger partial charge in [0.1, 0.15) is 9.49 Å². The summed E-state index contributed by atoms with van der Waals surface area (Å²) in [5, 5.41) is 0. The molecule has 0 aliphatic rings. The van der Waals surface area contributed by atoms with Crippen molar-refractivity contribution in [3.63, 3.8) is 0 Å². The molecule has 1 aromatic carbocycles. The van der Waals surface area contributed by atoms with Crippen molar-refractivity contribution in [2.45, 2.75) is 17.0 Å². The number of benzene rings is 1. The first kappa shape index (κ1) is 14.3. The molecule has 0 saturated heterocycles. The lowest BCUT2D eigenvalue weighted by atomic mass is 10.3. The second-order valence-corrected chi connectivity index (χ2v) is 6.29. The molecule has 3 nitrogen and oxygen atoms in total. The van der Waals surface area contributed by atoms with Crippen molar-refractivity contribution in [1.29, 1.82) is 0 Å². The van der Waals surface area contributed by atoms with E-state index in [4.69, 9.17) is 9.47 Å². The Labute approximate surface area is 117 Å². The number of carbonyl (C=O) groups is 1. The van der Waals surface area contributed by atoms with E-state index in [9.17, 15) is 4.79 Å². The van der Waals surface area contributed by atoms with Crippen LogP contribution >= 0.6 is 31.9 Å². The molecule has 0 aliphatic carbocycles. The van der Waals surface area contributed by atoms with Crippen LogP contribution in [0.2, 0.25) is 0 Å². The number of esters is 1. The Morgan fingerprint density at radius 3 is 2.41 bits per heavy atom. The molecule has 17 heavy (non-hydrogen) atoms. The lowest BCUT2D eigenvalue weighted by Gasteiger charge is -2.16. The van der Waals surface area contributed by atoms with Crippen LogP contribution in [-0.2, 0) is 9.53 Å². The number of rotatable bonds is 5. The fourth-order valence-corrected chi connectivity index (χ4v) is 1.40. The van der Waals surface area contributed by atoms with Crippen LogP contribution in [0.3, 0.4) is 0 Å². The molecule has 0 saturated carbocycles. The average Bonchev–Trinajstić information content (AvgIpc) is 2.28. The van der Waals surface area contributed by atoms with Crippen molar-refractivity contribution in [3.8, 4) is 5.75 Å². The Balaban J connectivity index is 2.48. The summed E-state index contributed by atoms with van der Waals surface area (Å²) in [6.45, 7) is 5.24. The number of para-hydroxylation sites is 1. The molecule has 1 aromatic rings. The van der Waals surface area contributed by atoms with Gasteiger partial charge in [0.2, 0.25) is 6.29 Å². The number of halogens is 2. The molecule has 0 N–H and O–H groups in total. The summed E-state index contributed by atoms with van der Waals surface area (Å²) in [5.74, 6) is 0.139. The van der Waals surface area contributed by atoms with Crippen LogP contribution in [0.5, 0.6) is 5.75 Å². The predicted octanol–water partition coefficient (Wildman–Crippen LogP) is 3.63. The third-order valence-corrected chi connectivity index (χ3v) is 2.95. The van der Waals surface area contributed by atoms with Crippen LogP contribution in [0.1, 0.15) is 6.92 Å². The van der Waals surface area contributed by atoms with E-state index >= 15 is 0 Å². The Kier molecular flexibility index (Phi) is 5.71. The van der Waals surface area contributed by atoms with Gasteiger partial charge in [-0.2, -0.15) is 0 Å². The highest BCUT2D eigenvalue weighted by Gasteiger charge is 2.18. The third-order valence-electron chi connectivity index (χ3n) is 1.84. The van der Waals surface area contributed by atoms with Gasteiger partial charge in [0, 0.05) is 6.92 Å². The van der Waals surface area contributed by atoms with E-state index in [1.165, 1.54) is 0 Å². The van der Waals surface area contributed by atoms with Gasteiger partial charge in [-0.1, -0.05) is 56.6 Å². The first-order chi connectivity index (χ1) is 8.00.